The van der Waals surface area contributed by atoms with Crippen molar-refractivity contribution in [1.29, 1.82) is 0 Å². The zero-order chi connectivity index (χ0) is 12.6. The fourth-order valence-electron chi connectivity index (χ4n) is 2.25. The van der Waals surface area contributed by atoms with Crippen LogP contribution in [0.1, 0.15) is 29.5 Å². The number of rotatable bonds is 3. The van der Waals surface area contributed by atoms with E-state index >= 15 is 0 Å². The molecule has 0 spiro atoms. The van der Waals surface area contributed by atoms with Crippen molar-refractivity contribution in [2.75, 3.05) is 7.11 Å². The molecule has 90 valence electrons. The van der Waals surface area contributed by atoms with E-state index in [2.05, 4.69) is 27.0 Å². The fraction of sp³-hybridized carbons (Fsp3) is 0.462. The SMILES string of the molecule is COc1c(C)cc(C)c(Br)c1C1(N=C=O)CC1. The van der Waals surface area contributed by atoms with Crippen LogP contribution in [0.2, 0.25) is 0 Å². The summed E-state index contributed by atoms with van der Waals surface area (Å²) in [4.78, 5) is 14.5. The molecule has 1 aromatic rings. The molecule has 0 N–H and O–H groups in total. The number of methoxy groups -OCH3 is 1. The van der Waals surface area contributed by atoms with Crippen LogP contribution in [-0.4, -0.2) is 13.2 Å². The molecule has 0 saturated heterocycles. The Labute approximate surface area is 109 Å². The van der Waals surface area contributed by atoms with Gasteiger partial charge in [0, 0.05) is 10.0 Å². The lowest BCUT2D eigenvalue weighted by Crippen LogP contribution is -2.08. The van der Waals surface area contributed by atoms with Gasteiger partial charge in [0.1, 0.15) is 11.3 Å². The van der Waals surface area contributed by atoms with Crippen molar-refractivity contribution in [2.24, 2.45) is 4.99 Å². The molecule has 1 aliphatic rings. The maximum atomic E-state index is 10.6. The van der Waals surface area contributed by atoms with E-state index < -0.39 is 5.54 Å². The molecule has 17 heavy (non-hydrogen) atoms. The molecule has 0 aliphatic heterocycles. The molecule has 1 aliphatic carbocycles. The monoisotopic (exact) mass is 295 g/mol. The van der Waals surface area contributed by atoms with Gasteiger partial charge in [-0.3, -0.25) is 0 Å². The lowest BCUT2D eigenvalue weighted by Gasteiger charge is -2.19. The zero-order valence-corrected chi connectivity index (χ0v) is 11.7. The van der Waals surface area contributed by atoms with Gasteiger partial charge in [-0.1, -0.05) is 22.0 Å². The summed E-state index contributed by atoms with van der Waals surface area (Å²) in [6, 6.07) is 2.06. The minimum absolute atomic E-state index is 0.414. The van der Waals surface area contributed by atoms with Gasteiger partial charge < -0.3 is 4.74 Å². The normalized spacial score (nSPS) is 16.2. The van der Waals surface area contributed by atoms with E-state index in [1.54, 1.807) is 13.2 Å². The van der Waals surface area contributed by atoms with Crippen molar-refractivity contribution < 1.29 is 9.53 Å². The van der Waals surface area contributed by atoms with Crippen LogP contribution in [-0.2, 0) is 10.3 Å². The van der Waals surface area contributed by atoms with Crippen LogP contribution in [0.3, 0.4) is 0 Å². The number of hydrogen-bond acceptors (Lipinski definition) is 3. The number of benzene rings is 1. The summed E-state index contributed by atoms with van der Waals surface area (Å²) in [6.07, 6.45) is 3.44. The number of hydrogen-bond donors (Lipinski definition) is 0. The van der Waals surface area contributed by atoms with Gasteiger partial charge >= 0.3 is 0 Å². The van der Waals surface area contributed by atoms with E-state index in [9.17, 15) is 4.79 Å². The molecule has 4 heteroatoms. The highest BCUT2D eigenvalue weighted by molar-refractivity contribution is 9.10. The van der Waals surface area contributed by atoms with E-state index in [-0.39, 0.29) is 0 Å². The summed E-state index contributed by atoms with van der Waals surface area (Å²) < 4.78 is 6.45. The Morgan fingerprint density at radius 1 is 1.41 bits per heavy atom. The molecular formula is C13H14BrNO2. The van der Waals surface area contributed by atoms with Gasteiger partial charge in [0.25, 0.3) is 0 Å². The van der Waals surface area contributed by atoms with Crippen LogP contribution in [0.25, 0.3) is 0 Å². The van der Waals surface area contributed by atoms with Crippen LogP contribution in [0, 0.1) is 13.8 Å². The standard InChI is InChI=1S/C13H14BrNO2/c1-8-6-9(2)12(17-3)10(11(8)14)13(4-5-13)15-7-16/h6H,4-5H2,1-3H3. The smallest absolute Gasteiger partial charge is 0.235 e. The van der Waals surface area contributed by atoms with Gasteiger partial charge in [-0.15, -0.1) is 0 Å². The first kappa shape index (κ1) is 12.3. The Kier molecular flexibility index (Phi) is 3.11. The van der Waals surface area contributed by atoms with Crippen LogP contribution >= 0.6 is 15.9 Å². The van der Waals surface area contributed by atoms with Crippen molar-refractivity contribution in [3.05, 3.63) is 27.2 Å². The van der Waals surface area contributed by atoms with Crippen molar-refractivity contribution in [2.45, 2.75) is 32.2 Å². The minimum atomic E-state index is -0.414. The Morgan fingerprint density at radius 3 is 2.53 bits per heavy atom. The maximum Gasteiger partial charge on any atom is 0.235 e. The summed E-state index contributed by atoms with van der Waals surface area (Å²) in [7, 11) is 1.65. The number of carbonyl (C=O) groups excluding carboxylic acids is 1. The van der Waals surface area contributed by atoms with Gasteiger partial charge in [0.05, 0.1) is 7.11 Å². The molecule has 2 rings (SSSR count). The fourth-order valence-corrected chi connectivity index (χ4v) is 2.91. The molecule has 0 bridgehead atoms. The molecule has 1 saturated carbocycles. The highest BCUT2D eigenvalue weighted by Crippen LogP contribution is 2.55. The van der Waals surface area contributed by atoms with Gasteiger partial charge in [-0.25, -0.2) is 4.79 Å². The van der Waals surface area contributed by atoms with E-state index in [0.29, 0.717) is 0 Å². The summed E-state index contributed by atoms with van der Waals surface area (Å²) in [5.41, 5.74) is 2.77. The lowest BCUT2D eigenvalue weighted by atomic mass is 9.98. The van der Waals surface area contributed by atoms with E-state index in [4.69, 9.17) is 4.74 Å². The number of aliphatic imine (C=N–C) groups is 1. The first-order valence-corrected chi connectivity index (χ1v) is 6.28. The second-order valence-corrected chi connectivity index (χ2v) is 5.26. The third-order valence-corrected chi connectivity index (χ3v) is 4.26. The molecule has 1 fully saturated rings. The van der Waals surface area contributed by atoms with Crippen molar-refractivity contribution in [3.8, 4) is 5.75 Å². The van der Waals surface area contributed by atoms with E-state index in [1.807, 2.05) is 13.8 Å². The van der Waals surface area contributed by atoms with Crippen LogP contribution < -0.4 is 4.74 Å². The molecular weight excluding hydrogens is 282 g/mol. The van der Waals surface area contributed by atoms with Gasteiger partial charge in [0.2, 0.25) is 6.08 Å². The Balaban J connectivity index is 2.71. The highest BCUT2D eigenvalue weighted by atomic mass is 79.9. The first-order chi connectivity index (χ1) is 8.05. The summed E-state index contributed by atoms with van der Waals surface area (Å²) in [5, 5.41) is 0. The Morgan fingerprint density at radius 2 is 2.06 bits per heavy atom. The Hall–Kier alpha value is -1.12. The van der Waals surface area contributed by atoms with Gasteiger partial charge in [-0.2, -0.15) is 4.99 Å². The summed E-state index contributed by atoms with van der Waals surface area (Å²) in [6.45, 7) is 4.03. The topological polar surface area (TPSA) is 38.7 Å². The van der Waals surface area contributed by atoms with E-state index in [0.717, 1.165) is 39.8 Å². The predicted molar refractivity (Wildman–Crippen MR) is 69.2 cm³/mol. The first-order valence-electron chi connectivity index (χ1n) is 5.49. The summed E-state index contributed by atoms with van der Waals surface area (Å²) >= 11 is 3.58. The largest absolute Gasteiger partial charge is 0.496 e. The second-order valence-electron chi connectivity index (χ2n) is 4.47. The lowest BCUT2D eigenvalue weighted by molar-refractivity contribution is 0.400. The quantitative estimate of drug-likeness (QED) is 0.633. The molecule has 0 unspecified atom stereocenters. The van der Waals surface area contributed by atoms with Crippen molar-refractivity contribution >= 4 is 22.0 Å². The van der Waals surface area contributed by atoms with Crippen LogP contribution in [0.4, 0.5) is 0 Å². The molecule has 0 aromatic heterocycles. The number of aryl methyl sites for hydroxylation is 2. The summed E-state index contributed by atoms with van der Waals surface area (Å²) in [5.74, 6) is 0.818. The average Bonchev–Trinajstić information content (AvgIpc) is 3.04. The molecule has 0 atom stereocenters. The van der Waals surface area contributed by atoms with Crippen LogP contribution in [0.5, 0.6) is 5.75 Å². The van der Waals surface area contributed by atoms with Crippen molar-refractivity contribution in [3.63, 3.8) is 0 Å². The highest BCUT2D eigenvalue weighted by Gasteiger charge is 2.48. The van der Waals surface area contributed by atoms with Crippen molar-refractivity contribution in [1.82, 2.24) is 0 Å². The zero-order valence-electron chi connectivity index (χ0n) is 10.1. The number of isocyanates is 1. The number of halogens is 1. The molecule has 3 nitrogen and oxygen atoms in total. The third-order valence-electron chi connectivity index (χ3n) is 3.24. The average molecular weight is 296 g/mol. The molecule has 0 heterocycles. The Bertz CT molecular complexity index is 515. The maximum absolute atomic E-state index is 10.6. The third kappa shape index (κ3) is 1.92. The molecule has 1 aromatic carbocycles. The predicted octanol–water partition coefficient (Wildman–Crippen LogP) is 3.40. The molecule has 0 amide bonds. The van der Waals surface area contributed by atoms with Gasteiger partial charge in [-0.05, 0) is 37.8 Å². The minimum Gasteiger partial charge on any atom is -0.496 e. The number of ether oxygens (including phenoxy) is 1. The van der Waals surface area contributed by atoms with Crippen LogP contribution in [0.15, 0.2) is 15.5 Å². The second kappa shape index (κ2) is 4.28. The van der Waals surface area contributed by atoms with Gasteiger partial charge in [0.15, 0.2) is 0 Å². The molecule has 0 radical (unpaired) electrons. The van der Waals surface area contributed by atoms with E-state index in [1.165, 1.54) is 0 Å². The number of nitrogens with zero attached hydrogens (tertiary/aromatic N) is 1.